The number of piperazine rings is 1. The smallest absolute Gasteiger partial charge is 0.348 e. The van der Waals surface area contributed by atoms with Gasteiger partial charge in [-0.1, -0.05) is 18.2 Å². The zero-order chi connectivity index (χ0) is 22.2. The maximum absolute atomic E-state index is 12.8. The number of nitrogens with one attached hydrogen (secondary N) is 1. The van der Waals surface area contributed by atoms with E-state index >= 15 is 0 Å². The number of aryl methyl sites for hydroxylation is 1. The van der Waals surface area contributed by atoms with E-state index in [0.717, 1.165) is 11.3 Å². The summed E-state index contributed by atoms with van der Waals surface area (Å²) in [6.07, 6.45) is 0. The number of hydrogen-bond donors (Lipinski definition) is 1. The number of sulfonamides is 1. The first-order valence-electron chi connectivity index (χ1n) is 9.69. The van der Waals surface area contributed by atoms with Gasteiger partial charge in [0.05, 0.1) is 23.9 Å². The molecule has 2 aromatic heterocycles. The summed E-state index contributed by atoms with van der Waals surface area (Å²) < 4.78 is 31.8. The van der Waals surface area contributed by atoms with E-state index in [1.807, 2.05) is 4.90 Å². The summed E-state index contributed by atoms with van der Waals surface area (Å²) in [5.74, 6) is -0.00766. The molecule has 1 fully saturated rings. The topological polar surface area (TPSA) is 113 Å². The number of ether oxygens (including phenoxy) is 1. The molecule has 0 bridgehead atoms. The summed E-state index contributed by atoms with van der Waals surface area (Å²) in [5, 5.41) is 0.396. The van der Waals surface area contributed by atoms with Gasteiger partial charge < -0.3 is 9.72 Å². The van der Waals surface area contributed by atoms with Crippen LogP contribution in [0.1, 0.15) is 21.1 Å². The van der Waals surface area contributed by atoms with E-state index < -0.39 is 16.0 Å². The predicted molar refractivity (Wildman–Crippen MR) is 117 cm³/mol. The minimum absolute atomic E-state index is 0.286. The number of esters is 1. The highest BCUT2D eigenvalue weighted by atomic mass is 32.2. The van der Waals surface area contributed by atoms with Crippen LogP contribution in [-0.4, -0.2) is 66.8 Å². The zero-order valence-electron chi connectivity index (χ0n) is 17.1. The van der Waals surface area contributed by atoms with E-state index in [1.54, 1.807) is 37.3 Å². The van der Waals surface area contributed by atoms with Crippen LogP contribution in [-0.2, 0) is 21.3 Å². The van der Waals surface area contributed by atoms with Gasteiger partial charge in [-0.2, -0.15) is 4.31 Å². The number of aromatic amines is 1. The van der Waals surface area contributed by atoms with Crippen molar-refractivity contribution in [2.24, 2.45) is 0 Å². The summed E-state index contributed by atoms with van der Waals surface area (Å²) in [6.45, 7) is 3.83. The Labute approximate surface area is 183 Å². The van der Waals surface area contributed by atoms with Gasteiger partial charge in [-0.25, -0.2) is 18.2 Å². The fourth-order valence-electron chi connectivity index (χ4n) is 3.63. The van der Waals surface area contributed by atoms with Crippen LogP contribution >= 0.6 is 11.3 Å². The molecule has 0 amide bonds. The molecule has 0 unspecified atom stereocenters. The summed E-state index contributed by atoms with van der Waals surface area (Å²) in [5.41, 5.74) is 0.265. The van der Waals surface area contributed by atoms with Crippen LogP contribution in [0, 0.1) is 6.92 Å². The standard InChI is InChI=1S/C20H22N4O5S2/c1-13-16-18(25)21-15(22-19(16)30-17(13)20(26)29-2)12-23-8-10-24(11-9-23)31(27,28)14-6-4-3-5-7-14/h3-7H,8-12H2,1-2H3,(H,21,22,25). The van der Waals surface area contributed by atoms with E-state index in [2.05, 4.69) is 9.97 Å². The molecule has 1 saturated heterocycles. The number of rotatable bonds is 5. The maximum atomic E-state index is 12.8. The van der Waals surface area contributed by atoms with Crippen LogP contribution in [0.4, 0.5) is 0 Å². The van der Waals surface area contributed by atoms with Crippen LogP contribution in [0.5, 0.6) is 0 Å². The van der Waals surface area contributed by atoms with E-state index in [4.69, 9.17) is 4.74 Å². The number of H-pyrrole nitrogens is 1. The Kier molecular flexibility index (Phi) is 5.93. The van der Waals surface area contributed by atoms with Crippen LogP contribution in [0.15, 0.2) is 40.0 Å². The van der Waals surface area contributed by atoms with Gasteiger partial charge in [0.25, 0.3) is 5.56 Å². The van der Waals surface area contributed by atoms with Gasteiger partial charge in [-0.15, -0.1) is 11.3 Å². The molecule has 0 radical (unpaired) electrons. The van der Waals surface area contributed by atoms with Crippen LogP contribution in [0.25, 0.3) is 10.2 Å². The van der Waals surface area contributed by atoms with Crippen LogP contribution in [0.3, 0.4) is 0 Å². The third-order valence-electron chi connectivity index (χ3n) is 5.31. The second kappa shape index (κ2) is 8.50. The molecule has 4 rings (SSSR count). The van der Waals surface area contributed by atoms with Crippen LogP contribution < -0.4 is 5.56 Å². The van der Waals surface area contributed by atoms with Crippen molar-refractivity contribution >= 4 is 37.5 Å². The van der Waals surface area contributed by atoms with Gasteiger partial charge in [0.1, 0.15) is 15.5 Å². The van der Waals surface area contributed by atoms with Crippen molar-refractivity contribution in [1.82, 2.24) is 19.2 Å². The first-order chi connectivity index (χ1) is 14.8. The van der Waals surface area contributed by atoms with Gasteiger partial charge in [0, 0.05) is 26.2 Å². The molecule has 0 spiro atoms. The lowest BCUT2D eigenvalue weighted by Crippen LogP contribution is -2.48. The maximum Gasteiger partial charge on any atom is 0.348 e. The molecule has 11 heteroatoms. The van der Waals surface area contributed by atoms with Crippen molar-refractivity contribution < 1.29 is 17.9 Å². The molecule has 0 atom stereocenters. The van der Waals surface area contributed by atoms with Crippen LogP contribution in [0.2, 0.25) is 0 Å². The minimum Gasteiger partial charge on any atom is -0.465 e. The summed E-state index contributed by atoms with van der Waals surface area (Å²) in [6, 6.07) is 8.39. The Balaban J connectivity index is 1.49. The number of carbonyl (C=O) groups excluding carboxylic acids is 1. The number of hydrogen-bond acceptors (Lipinski definition) is 8. The SMILES string of the molecule is COC(=O)c1sc2nc(CN3CCN(S(=O)(=O)c4ccccc4)CC3)[nH]c(=O)c2c1C. The zero-order valence-corrected chi connectivity index (χ0v) is 18.8. The fraction of sp³-hybridized carbons (Fsp3) is 0.350. The van der Waals surface area contributed by atoms with Gasteiger partial charge in [-0.3, -0.25) is 9.69 Å². The normalized spacial score (nSPS) is 15.9. The van der Waals surface area contributed by atoms with E-state index in [1.165, 1.54) is 11.4 Å². The van der Waals surface area contributed by atoms with E-state index in [0.29, 0.717) is 59.2 Å². The van der Waals surface area contributed by atoms with Crippen molar-refractivity contribution in [3.63, 3.8) is 0 Å². The molecule has 1 aliphatic rings. The van der Waals surface area contributed by atoms with Gasteiger partial charge in [0.2, 0.25) is 10.0 Å². The third-order valence-corrected chi connectivity index (χ3v) is 8.38. The summed E-state index contributed by atoms with van der Waals surface area (Å²) in [7, 11) is -2.22. The van der Waals surface area contributed by atoms with E-state index in [9.17, 15) is 18.0 Å². The van der Waals surface area contributed by atoms with Gasteiger partial charge in [0.15, 0.2) is 0 Å². The van der Waals surface area contributed by atoms with Gasteiger partial charge >= 0.3 is 5.97 Å². The molecule has 3 heterocycles. The minimum atomic E-state index is -3.52. The largest absolute Gasteiger partial charge is 0.465 e. The fourth-order valence-corrected chi connectivity index (χ4v) is 6.19. The molecule has 0 saturated carbocycles. The average Bonchev–Trinajstić information content (AvgIpc) is 3.11. The molecule has 31 heavy (non-hydrogen) atoms. The summed E-state index contributed by atoms with van der Waals surface area (Å²) in [4.78, 5) is 35.0. The highest BCUT2D eigenvalue weighted by molar-refractivity contribution is 7.89. The van der Waals surface area contributed by atoms with Crippen molar-refractivity contribution in [3.05, 3.63) is 57.0 Å². The van der Waals surface area contributed by atoms with E-state index in [-0.39, 0.29) is 10.5 Å². The Bertz CT molecular complexity index is 1280. The molecule has 164 valence electrons. The van der Waals surface area contributed by atoms with Crippen molar-refractivity contribution in [1.29, 1.82) is 0 Å². The average molecular weight is 463 g/mol. The molecular weight excluding hydrogens is 440 g/mol. The van der Waals surface area contributed by atoms with Crippen molar-refractivity contribution in [3.8, 4) is 0 Å². The Morgan fingerprint density at radius 1 is 1.19 bits per heavy atom. The molecular formula is C20H22N4O5S2. The number of fused-ring (bicyclic) bond motifs is 1. The quantitative estimate of drug-likeness (QED) is 0.573. The monoisotopic (exact) mass is 462 g/mol. The predicted octanol–water partition coefficient (Wildman–Crippen LogP) is 1.59. The Hall–Kier alpha value is -2.60. The second-order valence-corrected chi connectivity index (χ2v) is 10.2. The Morgan fingerprint density at radius 3 is 2.52 bits per heavy atom. The molecule has 0 aliphatic carbocycles. The molecule has 3 aromatic rings. The van der Waals surface area contributed by atoms with Crippen molar-refractivity contribution in [2.45, 2.75) is 18.4 Å². The Morgan fingerprint density at radius 2 is 1.87 bits per heavy atom. The number of thiophene rings is 1. The lowest BCUT2D eigenvalue weighted by Gasteiger charge is -2.33. The first-order valence-corrected chi connectivity index (χ1v) is 11.9. The number of nitrogens with zero attached hydrogens (tertiary/aromatic N) is 3. The number of aromatic nitrogens is 2. The molecule has 1 aromatic carbocycles. The van der Waals surface area contributed by atoms with Crippen molar-refractivity contribution in [2.75, 3.05) is 33.3 Å². The lowest BCUT2D eigenvalue weighted by molar-refractivity contribution is 0.0605. The number of methoxy groups -OCH3 is 1. The summed E-state index contributed by atoms with van der Waals surface area (Å²) >= 11 is 1.14. The second-order valence-electron chi connectivity index (χ2n) is 7.23. The first kappa shape index (κ1) is 21.6. The van der Waals surface area contributed by atoms with Gasteiger partial charge in [-0.05, 0) is 24.6 Å². The lowest BCUT2D eigenvalue weighted by atomic mass is 10.2. The highest BCUT2D eigenvalue weighted by Crippen LogP contribution is 2.27. The molecule has 9 nitrogen and oxygen atoms in total. The molecule has 1 N–H and O–H groups in total. The number of carbonyl (C=O) groups is 1. The molecule has 1 aliphatic heterocycles. The third kappa shape index (κ3) is 4.13. The number of benzene rings is 1. The highest BCUT2D eigenvalue weighted by Gasteiger charge is 2.28.